The van der Waals surface area contributed by atoms with Crippen molar-refractivity contribution in [2.75, 3.05) is 12.4 Å². The molecule has 0 radical (unpaired) electrons. The molecule has 9 nitrogen and oxygen atoms in total. The summed E-state index contributed by atoms with van der Waals surface area (Å²) in [4.78, 5) is 37.5. The smallest absolute Gasteiger partial charge is 0.435 e. The SMILES string of the molecule is COC(=O)c1cc2c(cc1OC1CCCCC1)c(-c1cccc(NC(C)=O)c1)nn2C(=O)OC(C)(C)C. The van der Waals surface area contributed by atoms with E-state index >= 15 is 0 Å². The number of rotatable bonds is 5. The van der Waals surface area contributed by atoms with E-state index < -0.39 is 17.7 Å². The summed E-state index contributed by atoms with van der Waals surface area (Å²) in [5.41, 5.74) is 1.59. The maximum Gasteiger partial charge on any atom is 0.435 e. The summed E-state index contributed by atoms with van der Waals surface area (Å²) < 4.78 is 18.1. The molecule has 1 N–H and O–H groups in total. The Bertz CT molecular complexity index is 1330. The van der Waals surface area contributed by atoms with Gasteiger partial charge in [-0.25, -0.2) is 9.59 Å². The van der Waals surface area contributed by atoms with Crippen LogP contribution in [0.15, 0.2) is 36.4 Å². The molecule has 1 fully saturated rings. The van der Waals surface area contributed by atoms with Gasteiger partial charge in [-0.1, -0.05) is 18.6 Å². The fraction of sp³-hybridized carbons (Fsp3) is 0.429. The summed E-state index contributed by atoms with van der Waals surface area (Å²) in [5.74, 6) is -0.389. The number of fused-ring (bicyclic) bond motifs is 1. The topological polar surface area (TPSA) is 109 Å². The van der Waals surface area contributed by atoms with E-state index in [0.717, 1.165) is 30.4 Å². The Morgan fingerprint density at radius 3 is 2.43 bits per heavy atom. The number of benzene rings is 2. The van der Waals surface area contributed by atoms with E-state index in [1.54, 1.807) is 51.1 Å². The van der Waals surface area contributed by atoms with Gasteiger partial charge in [0.1, 0.15) is 22.6 Å². The fourth-order valence-corrected chi connectivity index (χ4v) is 4.48. The number of carbonyl (C=O) groups excluding carboxylic acids is 3. The molecule has 0 spiro atoms. The molecule has 1 aliphatic carbocycles. The Labute approximate surface area is 216 Å². The second-order valence-electron chi connectivity index (χ2n) is 10.2. The summed E-state index contributed by atoms with van der Waals surface area (Å²) in [7, 11) is 1.31. The molecule has 4 rings (SSSR count). The van der Waals surface area contributed by atoms with Crippen LogP contribution >= 0.6 is 0 Å². The van der Waals surface area contributed by atoms with Gasteiger partial charge < -0.3 is 19.5 Å². The van der Waals surface area contributed by atoms with Crippen molar-refractivity contribution in [2.24, 2.45) is 0 Å². The van der Waals surface area contributed by atoms with Crippen LogP contribution in [0.2, 0.25) is 0 Å². The van der Waals surface area contributed by atoms with Gasteiger partial charge in [-0.15, -0.1) is 0 Å². The van der Waals surface area contributed by atoms with Crippen molar-refractivity contribution in [2.45, 2.75) is 71.5 Å². The lowest BCUT2D eigenvalue weighted by Gasteiger charge is -2.24. The number of nitrogens with zero attached hydrogens (tertiary/aromatic N) is 2. The molecule has 0 bridgehead atoms. The van der Waals surface area contributed by atoms with E-state index in [1.807, 2.05) is 6.07 Å². The van der Waals surface area contributed by atoms with Gasteiger partial charge in [0.15, 0.2) is 0 Å². The summed E-state index contributed by atoms with van der Waals surface area (Å²) in [5, 5.41) is 7.97. The van der Waals surface area contributed by atoms with Crippen LogP contribution in [0.1, 0.15) is 70.2 Å². The van der Waals surface area contributed by atoms with Crippen LogP contribution < -0.4 is 10.1 Å². The Balaban J connectivity index is 1.91. The van der Waals surface area contributed by atoms with Gasteiger partial charge in [-0.05, 0) is 70.7 Å². The zero-order valence-corrected chi connectivity index (χ0v) is 21.9. The zero-order chi connectivity index (χ0) is 26.7. The molecule has 0 unspecified atom stereocenters. The number of methoxy groups -OCH3 is 1. The van der Waals surface area contributed by atoms with E-state index in [1.165, 1.54) is 20.5 Å². The van der Waals surface area contributed by atoms with Crippen molar-refractivity contribution in [3.8, 4) is 17.0 Å². The van der Waals surface area contributed by atoms with Crippen LogP contribution in [-0.4, -0.2) is 46.6 Å². The zero-order valence-electron chi connectivity index (χ0n) is 21.9. The van der Waals surface area contributed by atoms with Crippen molar-refractivity contribution in [3.05, 3.63) is 42.0 Å². The third kappa shape index (κ3) is 6.10. The van der Waals surface area contributed by atoms with Crippen molar-refractivity contribution < 1.29 is 28.6 Å². The number of nitrogens with one attached hydrogen (secondary N) is 1. The molecule has 0 aliphatic heterocycles. The molecule has 2 aromatic carbocycles. The number of aromatic nitrogens is 2. The molecule has 0 saturated heterocycles. The lowest BCUT2D eigenvalue weighted by molar-refractivity contribution is -0.114. The first-order chi connectivity index (χ1) is 17.6. The number of anilines is 1. The number of esters is 1. The first kappa shape index (κ1) is 26.2. The van der Waals surface area contributed by atoms with Crippen molar-refractivity contribution >= 4 is 34.6 Å². The first-order valence-electron chi connectivity index (χ1n) is 12.5. The van der Waals surface area contributed by atoms with Gasteiger partial charge in [0.05, 0.1) is 18.7 Å². The monoisotopic (exact) mass is 507 g/mol. The molecule has 1 saturated carbocycles. The van der Waals surface area contributed by atoms with Crippen LogP contribution in [0.25, 0.3) is 22.2 Å². The largest absolute Gasteiger partial charge is 0.490 e. The highest BCUT2D eigenvalue weighted by atomic mass is 16.6. The summed E-state index contributed by atoms with van der Waals surface area (Å²) in [6, 6.07) is 10.5. The summed E-state index contributed by atoms with van der Waals surface area (Å²) >= 11 is 0. The van der Waals surface area contributed by atoms with Gasteiger partial charge >= 0.3 is 12.1 Å². The second kappa shape index (κ2) is 10.6. The van der Waals surface area contributed by atoms with Crippen LogP contribution in [0.3, 0.4) is 0 Å². The number of ether oxygens (including phenoxy) is 3. The van der Waals surface area contributed by atoms with E-state index in [9.17, 15) is 14.4 Å². The highest BCUT2D eigenvalue weighted by Crippen LogP contribution is 2.36. The average molecular weight is 508 g/mol. The lowest BCUT2D eigenvalue weighted by atomic mass is 9.97. The Hall–Kier alpha value is -3.88. The number of hydrogen-bond acceptors (Lipinski definition) is 7. The molecule has 1 aliphatic rings. The predicted molar refractivity (Wildman–Crippen MR) is 140 cm³/mol. The normalized spacial score (nSPS) is 14.3. The molecule has 0 atom stereocenters. The maximum absolute atomic E-state index is 13.2. The molecule has 196 valence electrons. The van der Waals surface area contributed by atoms with E-state index in [4.69, 9.17) is 14.2 Å². The first-order valence-corrected chi connectivity index (χ1v) is 12.5. The predicted octanol–water partition coefficient (Wildman–Crippen LogP) is 5.94. The minimum atomic E-state index is -0.754. The van der Waals surface area contributed by atoms with Crippen LogP contribution in [0.4, 0.5) is 10.5 Å². The summed E-state index contributed by atoms with van der Waals surface area (Å²) in [6.45, 7) is 6.74. The quantitative estimate of drug-likeness (QED) is 0.426. The van der Waals surface area contributed by atoms with E-state index in [-0.39, 0.29) is 17.6 Å². The minimum absolute atomic E-state index is 0.0120. The lowest BCUT2D eigenvalue weighted by Crippen LogP contribution is -2.27. The second-order valence-corrected chi connectivity index (χ2v) is 10.2. The molecular formula is C28H33N3O6. The van der Waals surface area contributed by atoms with Crippen molar-refractivity contribution in [3.63, 3.8) is 0 Å². The minimum Gasteiger partial charge on any atom is -0.490 e. The summed E-state index contributed by atoms with van der Waals surface area (Å²) in [6.07, 6.45) is 4.42. The van der Waals surface area contributed by atoms with Crippen LogP contribution in [0, 0.1) is 0 Å². The van der Waals surface area contributed by atoms with E-state index in [0.29, 0.717) is 33.6 Å². The Morgan fingerprint density at radius 2 is 1.78 bits per heavy atom. The molecule has 1 amide bonds. The standard InChI is InChI=1S/C28H33N3O6/c1-17(32)29-19-11-9-10-18(14-19)25-21-16-24(36-20-12-7-6-8-13-20)22(26(33)35-5)15-23(21)31(30-25)27(34)37-28(2,3)4/h9-11,14-16,20H,6-8,12-13H2,1-5H3,(H,29,32). The Kier molecular flexibility index (Phi) is 7.52. The van der Waals surface area contributed by atoms with Crippen LogP contribution in [-0.2, 0) is 14.3 Å². The third-order valence-corrected chi connectivity index (χ3v) is 6.06. The van der Waals surface area contributed by atoms with Gasteiger partial charge in [0.25, 0.3) is 0 Å². The number of hydrogen-bond donors (Lipinski definition) is 1. The molecule has 1 aromatic heterocycles. The molecule has 3 aromatic rings. The van der Waals surface area contributed by atoms with E-state index in [2.05, 4.69) is 10.4 Å². The highest BCUT2D eigenvalue weighted by molar-refractivity contribution is 6.04. The van der Waals surface area contributed by atoms with Gasteiger partial charge in [0.2, 0.25) is 5.91 Å². The Morgan fingerprint density at radius 1 is 1.05 bits per heavy atom. The fourth-order valence-electron chi connectivity index (χ4n) is 4.48. The number of carbonyl (C=O) groups is 3. The molecule has 9 heteroatoms. The highest BCUT2D eigenvalue weighted by Gasteiger charge is 2.27. The molecular weight excluding hydrogens is 474 g/mol. The number of amides is 1. The molecule has 37 heavy (non-hydrogen) atoms. The third-order valence-electron chi connectivity index (χ3n) is 6.06. The maximum atomic E-state index is 13.2. The van der Waals surface area contributed by atoms with Gasteiger partial charge in [-0.3, -0.25) is 4.79 Å². The van der Waals surface area contributed by atoms with Crippen LogP contribution in [0.5, 0.6) is 5.75 Å². The van der Waals surface area contributed by atoms with Gasteiger partial charge in [-0.2, -0.15) is 9.78 Å². The van der Waals surface area contributed by atoms with Crippen molar-refractivity contribution in [1.29, 1.82) is 0 Å². The average Bonchev–Trinajstić information content (AvgIpc) is 3.21. The molecule has 1 heterocycles. The van der Waals surface area contributed by atoms with Crippen molar-refractivity contribution in [1.82, 2.24) is 9.78 Å². The van der Waals surface area contributed by atoms with Gasteiger partial charge in [0, 0.05) is 23.6 Å².